The number of hydrogen-bond donors (Lipinski definition) is 8. The molecule has 2 fully saturated rings. The van der Waals surface area contributed by atoms with Crippen molar-refractivity contribution in [3.8, 4) is 0 Å². The molecular formula is C12H22O11. The van der Waals surface area contributed by atoms with Crippen LogP contribution in [0.15, 0.2) is 0 Å². The fourth-order valence-corrected chi connectivity index (χ4v) is 2.63. The van der Waals surface area contributed by atoms with Gasteiger partial charge in [-0.25, -0.2) is 0 Å². The lowest BCUT2D eigenvalue weighted by Gasteiger charge is -2.43. The van der Waals surface area contributed by atoms with Crippen molar-refractivity contribution in [2.45, 2.75) is 54.8 Å². The maximum absolute atomic E-state index is 10.00. The van der Waals surface area contributed by atoms with Crippen LogP contribution >= 0.6 is 0 Å². The zero-order valence-corrected chi connectivity index (χ0v) is 12.0. The Balaban J connectivity index is 2.18. The Morgan fingerprint density at radius 1 is 0.783 bits per heavy atom. The van der Waals surface area contributed by atoms with Gasteiger partial charge in [-0.3, -0.25) is 0 Å². The summed E-state index contributed by atoms with van der Waals surface area (Å²) < 4.78 is 15.4. The van der Waals surface area contributed by atoms with E-state index in [9.17, 15) is 30.6 Å². The Morgan fingerprint density at radius 2 is 1.39 bits per heavy atom. The molecule has 0 aliphatic carbocycles. The van der Waals surface area contributed by atoms with Gasteiger partial charge in [-0.15, -0.1) is 0 Å². The molecule has 0 aromatic rings. The molecule has 0 aromatic carbocycles. The van der Waals surface area contributed by atoms with E-state index in [0.717, 1.165) is 0 Å². The van der Waals surface area contributed by atoms with Crippen LogP contribution in [0.25, 0.3) is 0 Å². The second kappa shape index (κ2) is 7.21. The first-order chi connectivity index (χ1) is 10.8. The Hall–Kier alpha value is -0.440. The number of aliphatic hydroxyl groups excluding tert-OH is 8. The number of aliphatic hydroxyl groups is 8. The van der Waals surface area contributed by atoms with Crippen LogP contribution in [0.3, 0.4) is 0 Å². The van der Waals surface area contributed by atoms with Gasteiger partial charge >= 0.3 is 0 Å². The van der Waals surface area contributed by atoms with E-state index in [0.29, 0.717) is 0 Å². The standard InChI is InChI=1S/C12H22O11/c13-1-4-6(16)8(18)9(19)11(21-4)23-12(3-15)10(20)7(17)5(2-14)22-12/h4-11,13-20H,1-3H2/t4-,5-,6+,7+,8+,9-,10-,11-,12+/m0/s1. The van der Waals surface area contributed by atoms with Gasteiger partial charge in [0, 0.05) is 0 Å². The van der Waals surface area contributed by atoms with E-state index in [1.165, 1.54) is 0 Å². The van der Waals surface area contributed by atoms with E-state index in [-0.39, 0.29) is 0 Å². The fourth-order valence-electron chi connectivity index (χ4n) is 2.63. The first-order valence-corrected chi connectivity index (χ1v) is 7.05. The molecule has 0 radical (unpaired) electrons. The summed E-state index contributed by atoms with van der Waals surface area (Å²) in [6, 6.07) is 0. The molecule has 2 rings (SSSR count). The minimum Gasteiger partial charge on any atom is -0.394 e. The van der Waals surface area contributed by atoms with Crippen LogP contribution in [0.1, 0.15) is 0 Å². The maximum atomic E-state index is 10.00. The van der Waals surface area contributed by atoms with E-state index in [2.05, 4.69) is 0 Å². The van der Waals surface area contributed by atoms with Crippen molar-refractivity contribution in [3.63, 3.8) is 0 Å². The lowest BCUT2D eigenvalue weighted by atomic mass is 9.99. The first-order valence-electron chi connectivity index (χ1n) is 7.05. The molecule has 0 bridgehead atoms. The SMILES string of the molecule is OC[C@@H]1O[C@](CO)(O[C@@H]2O[C@@H](CO)[C@@H](O)[C@@H](O)[C@@H]2O)[C@@H](O)[C@@H]1O. The second-order valence-electron chi connectivity index (χ2n) is 5.56. The van der Waals surface area contributed by atoms with Gasteiger partial charge in [0.2, 0.25) is 5.79 Å². The third-order valence-corrected chi connectivity index (χ3v) is 4.07. The molecule has 0 amide bonds. The van der Waals surface area contributed by atoms with Crippen molar-refractivity contribution < 1.29 is 55.1 Å². The molecule has 9 atom stereocenters. The van der Waals surface area contributed by atoms with E-state index >= 15 is 0 Å². The van der Waals surface area contributed by atoms with Gasteiger partial charge in [-0.2, -0.15) is 0 Å². The van der Waals surface area contributed by atoms with Gasteiger partial charge in [-0.05, 0) is 0 Å². The van der Waals surface area contributed by atoms with Gasteiger partial charge in [-0.1, -0.05) is 0 Å². The molecule has 0 saturated carbocycles. The highest BCUT2D eigenvalue weighted by atomic mass is 16.8. The average Bonchev–Trinajstić information content (AvgIpc) is 2.80. The van der Waals surface area contributed by atoms with Crippen LogP contribution in [-0.4, -0.2) is 115 Å². The Morgan fingerprint density at radius 3 is 1.87 bits per heavy atom. The van der Waals surface area contributed by atoms with Crippen molar-refractivity contribution in [3.05, 3.63) is 0 Å². The van der Waals surface area contributed by atoms with Crippen LogP contribution in [-0.2, 0) is 14.2 Å². The number of rotatable bonds is 5. The van der Waals surface area contributed by atoms with Crippen LogP contribution in [0.4, 0.5) is 0 Å². The van der Waals surface area contributed by atoms with Gasteiger partial charge in [0.15, 0.2) is 6.29 Å². The van der Waals surface area contributed by atoms with Gasteiger partial charge < -0.3 is 55.1 Å². The summed E-state index contributed by atoms with van der Waals surface area (Å²) in [5.41, 5.74) is 0. The highest BCUT2D eigenvalue weighted by Gasteiger charge is 2.58. The van der Waals surface area contributed by atoms with Crippen molar-refractivity contribution >= 4 is 0 Å². The van der Waals surface area contributed by atoms with E-state index in [1.54, 1.807) is 0 Å². The van der Waals surface area contributed by atoms with Gasteiger partial charge in [0.1, 0.15) is 49.3 Å². The van der Waals surface area contributed by atoms with Crippen LogP contribution < -0.4 is 0 Å². The highest BCUT2D eigenvalue weighted by Crippen LogP contribution is 2.35. The fraction of sp³-hybridized carbons (Fsp3) is 1.00. The minimum absolute atomic E-state index is 0.669. The monoisotopic (exact) mass is 342 g/mol. The summed E-state index contributed by atoms with van der Waals surface area (Å²) in [5, 5.41) is 76.7. The Kier molecular flexibility index (Phi) is 5.92. The van der Waals surface area contributed by atoms with E-state index < -0.39 is 74.6 Å². The first kappa shape index (κ1) is 18.9. The smallest absolute Gasteiger partial charge is 0.224 e. The van der Waals surface area contributed by atoms with Gasteiger partial charge in [0.05, 0.1) is 13.2 Å². The van der Waals surface area contributed by atoms with Crippen LogP contribution in [0, 0.1) is 0 Å². The zero-order chi connectivity index (χ0) is 17.4. The molecule has 136 valence electrons. The highest BCUT2D eigenvalue weighted by molar-refractivity contribution is 4.98. The van der Waals surface area contributed by atoms with E-state index in [1.807, 2.05) is 0 Å². The van der Waals surface area contributed by atoms with Crippen molar-refractivity contribution in [1.29, 1.82) is 0 Å². The molecule has 2 aliphatic heterocycles. The number of ether oxygens (including phenoxy) is 3. The zero-order valence-electron chi connectivity index (χ0n) is 12.0. The van der Waals surface area contributed by atoms with Crippen molar-refractivity contribution in [2.24, 2.45) is 0 Å². The molecule has 8 N–H and O–H groups in total. The maximum Gasteiger partial charge on any atom is 0.224 e. The molecule has 2 aliphatic rings. The molecule has 11 heteroatoms. The Bertz CT molecular complexity index is 393. The second-order valence-corrected chi connectivity index (χ2v) is 5.56. The predicted molar refractivity (Wildman–Crippen MR) is 68.6 cm³/mol. The number of hydrogen-bond acceptors (Lipinski definition) is 11. The average molecular weight is 342 g/mol. The Labute approximate surface area is 130 Å². The predicted octanol–water partition coefficient (Wildman–Crippen LogP) is -5.40. The summed E-state index contributed by atoms with van der Waals surface area (Å²) >= 11 is 0. The van der Waals surface area contributed by atoms with Crippen molar-refractivity contribution in [1.82, 2.24) is 0 Å². The molecular weight excluding hydrogens is 320 g/mol. The van der Waals surface area contributed by atoms with E-state index in [4.69, 9.17) is 24.4 Å². The van der Waals surface area contributed by atoms with Crippen LogP contribution in [0.5, 0.6) is 0 Å². The molecule has 11 nitrogen and oxygen atoms in total. The van der Waals surface area contributed by atoms with Crippen molar-refractivity contribution in [2.75, 3.05) is 19.8 Å². The molecule has 0 spiro atoms. The summed E-state index contributed by atoms with van der Waals surface area (Å²) in [6.07, 6.45) is -12.7. The lowest BCUT2D eigenvalue weighted by Crippen LogP contribution is -2.62. The third-order valence-electron chi connectivity index (χ3n) is 4.07. The minimum atomic E-state index is -2.22. The molecule has 2 saturated heterocycles. The third kappa shape index (κ3) is 3.23. The molecule has 2 heterocycles. The topological polar surface area (TPSA) is 190 Å². The molecule has 0 aromatic heterocycles. The molecule has 0 unspecified atom stereocenters. The van der Waals surface area contributed by atoms with Crippen LogP contribution in [0.2, 0.25) is 0 Å². The summed E-state index contributed by atoms with van der Waals surface area (Å²) in [7, 11) is 0. The van der Waals surface area contributed by atoms with Gasteiger partial charge in [0.25, 0.3) is 0 Å². The largest absolute Gasteiger partial charge is 0.394 e. The lowest BCUT2D eigenvalue weighted by molar-refractivity contribution is -0.383. The molecule has 23 heavy (non-hydrogen) atoms. The normalized spacial score (nSPS) is 51.1. The summed E-state index contributed by atoms with van der Waals surface area (Å²) in [6.45, 7) is -2.32. The summed E-state index contributed by atoms with van der Waals surface area (Å²) in [5.74, 6) is -2.22. The quantitative estimate of drug-likeness (QED) is 0.238. The summed E-state index contributed by atoms with van der Waals surface area (Å²) in [4.78, 5) is 0.